The van der Waals surface area contributed by atoms with Gasteiger partial charge in [-0.3, -0.25) is 14.7 Å². The maximum atomic E-state index is 12.1. The molecule has 0 fully saturated rings. The minimum absolute atomic E-state index is 0.00702. The van der Waals surface area contributed by atoms with E-state index in [9.17, 15) is 9.59 Å². The number of hydrogen-bond donors (Lipinski definition) is 2. The van der Waals surface area contributed by atoms with Crippen LogP contribution in [0.2, 0.25) is 0 Å². The van der Waals surface area contributed by atoms with Gasteiger partial charge in [0.1, 0.15) is 0 Å². The fraction of sp³-hybridized carbons (Fsp3) is 0.158. The number of carbonyl (C=O) groups is 2. The van der Waals surface area contributed by atoms with Crippen LogP contribution in [0.15, 0.2) is 53.7 Å². The first-order chi connectivity index (χ1) is 12.5. The molecule has 2 N–H and O–H groups in total. The lowest BCUT2D eigenvalue weighted by Gasteiger charge is -2.04. The topological polar surface area (TPSA) is 87.7 Å². The van der Waals surface area contributed by atoms with Gasteiger partial charge >= 0.3 is 0 Å². The van der Waals surface area contributed by atoms with Crippen LogP contribution < -0.4 is 5.32 Å². The Morgan fingerprint density at radius 3 is 2.42 bits per heavy atom. The Labute approximate surface area is 155 Å². The summed E-state index contributed by atoms with van der Waals surface area (Å²) < 4.78 is 0. The van der Waals surface area contributed by atoms with Crippen LogP contribution in [-0.4, -0.2) is 32.6 Å². The van der Waals surface area contributed by atoms with Gasteiger partial charge in [-0.1, -0.05) is 41.6 Å². The zero-order valence-corrected chi connectivity index (χ0v) is 15.3. The van der Waals surface area contributed by atoms with Crippen molar-refractivity contribution in [3.63, 3.8) is 0 Å². The smallest absolute Gasteiger partial charge is 0.234 e. The molecule has 0 saturated heterocycles. The number of Topliss-reactive ketones (excluding diaryl/α,β-unsaturated/α-hetero) is 1. The summed E-state index contributed by atoms with van der Waals surface area (Å²) in [4.78, 5) is 27.7. The number of aromatic nitrogens is 3. The van der Waals surface area contributed by atoms with Crippen molar-refractivity contribution in [2.24, 2.45) is 0 Å². The number of hydrogen-bond acceptors (Lipinski definition) is 5. The fourth-order valence-corrected chi connectivity index (χ4v) is 2.87. The van der Waals surface area contributed by atoms with E-state index in [0.717, 1.165) is 5.56 Å². The van der Waals surface area contributed by atoms with Gasteiger partial charge in [0.25, 0.3) is 0 Å². The van der Waals surface area contributed by atoms with Crippen LogP contribution in [0.4, 0.5) is 5.69 Å². The highest BCUT2D eigenvalue weighted by Crippen LogP contribution is 2.20. The van der Waals surface area contributed by atoms with E-state index < -0.39 is 0 Å². The van der Waals surface area contributed by atoms with Crippen molar-refractivity contribution >= 4 is 29.1 Å². The number of aryl methyl sites for hydroxylation is 1. The molecule has 6 nitrogen and oxygen atoms in total. The van der Waals surface area contributed by atoms with E-state index in [1.54, 1.807) is 24.3 Å². The molecular weight excluding hydrogens is 348 g/mol. The van der Waals surface area contributed by atoms with Gasteiger partial charge in [-0.2, -0.15) is 0 Å². The summed E-state index contributed by atoms with van der Waals surface area (Å²) in [6.45, 7) is 3.53. The Balaban J connectivity index is 1.54. The molecule has 1 heterocycles. The van der Waals surface area contributed by atoms with E-state index >= 15 is 0 Å². The van der Waals surface area contributed by atoms with Crippen molar-refractivity contribution in [2.75, 3.05) is 11.1 Å². The molecule has 0 saturated carbocycles. The lowest BCUT2D eigenvalue weighted by molar-refractivity contribution is -0.113. The van der Waals surface area contributed by atoms with Gasteiger partial charge in [0.2, 0.25) is 11.1 Å². The molecule has 1 aromatic heterocycles. The zero-order valence-electron chi connectivity index (χ0n) is 14.4. The van der Waals surface area contributed by atoms with Gasteiger partial charge in [-0.25, -0.2) is 4.98 Å². The lowest BCUT2D eigenvalue weighted by Crippen LogP contribution is -2.14. The molecule has 2 aromatic carbocycles. The van der Waals surface area contributed by atoms with Crippen LogP contribution in [-0.2, 0) is 4.79 Å². The Kier molecular flexibility index (Phi) is 5.48. The number of nitrogens with zero attached hydrogens (tertiary/aromatic N) is 2. The molecule has 0 spiro atoms. The first-order valence-electron chi connectivity index (χ1n) is 8.04. The molecule has 0 aliphatic rings. The average Bonchev–Trinajstić information content (AvgIpc) is 3.10. The number of benzene rings is 2. The van der Waals surface area contributed by atoms with Crippen LogP contribution in [0.3, 0.4) is 0 Å². The highest BCUT2D eigenvalue weighted by molar-refractivity contribution is 7.99. The van der Waals surface area contributed by atoms with Crippen molar-refractivity contribution < 1.29 is 9.59 Å². The van der Waals surface area contributed by atoms with Gasteiger partial charge in [-0.05, 0) is 38.1 Å². The standard InChI is InChI=1S/C19H18N4O2S/c1-12-3-5-15(6-4-12)18-21-19(23-22-18)26-11-17(25)20-16-9-7-14(8-10-16)13(2)24/h3-10H,11H2,1-2H3,(H,20,25)(H,21,22,23). The van der Waals surface area contributed by atoms with Crippen molar-refractivity contribution in [3.05, 3.63) is 59.7 Å². The minimum Gasteiger partial charge on any atom is -0.325 e. The number of aromatic amines is 1. The highest BCUT2D eigenvalue weighted by Gasteiger charge is 2.09. The summed E-state index contributed by atoms with van der Waals surface area (Å²) in [6, 6.07) is 14.8. The van der Waals surface area contributed by atoms with Crippen molar-refractivity contribution in [1.29, 1.82) is 0 Å². The molecule has 132 valence electrons. The van der Waals surface area contributed by atoms with Gasteiger partial charge in [-0.15, -0.1) is 5.10 Å². The first kappa shape index (κ1) is 17.9. The first-order valence-corrected chi connectivity index (χ1v) is 9.03. The monoisotopic (exact) mass is 366 g/mol. The third-order valence-electron chi connectivity index (χ3n) is 3.70. The summed E-state index contributed by atoms with van der Waals surface area (Å²) >= 11 is 1.25. The number of thioether (sulfide) groups is 1. The minimum atomic E-state index is -0.160. The number of nitrogens with one attached hydrogen (secondary N) is 2. The quantitative estimate of drug-likeness (QED) is 0.513. The average molecular weight is 366 g/mol. The zero-order chi connectivity index (χ0) is 18.5. The van der Waals surface area contributed by atoms with E-state index in [1.165, 1.54) is 24.2 Å². The summed E-state index contributed by atoms with van der Waals surface area (Å²) in [7, 11) is 0. The number of anilines is 1. The molecule has 0 bridgehead atoms. The molecular formula is C19H18N4O2S. The second-order valence-electron chi connectivity index (χ2n) is 5.80. The Hall–Kier alpha value is -2.93. The van der Waals surface area contributed by atoms with Crippen LogP contribution in [0.25, 0.3) is 11.4 Å². The van der Waals surface area contributed by atoms with E-state index in [4.69, 9.17) is 0 Å². The van der Waals surface area contributed by atoms with Gasteiger partial charge in [0.15, 0.2) is 11.6 Å². The molecule has 7 heteroatoms. The molecule has 0 unspecified atom stereocenters. The Bertz CT molecular complexity index is 917. The number of amides is 1. The van der Waals surface area contributed by atoms with Crippen LogP contribution in [0.1, 0.15) is 22.8 Å². The third kappa shape index (κ3) is 4.58. The normalized spacial score (nSPS) is 10.5. The van der Waals surface area contributed by atoms with E-state index in [-0.39, 0.29) is 17.4 Å². The maximum Gasteiger partial charge on any atom is 0.234 e. The third-order valence-corrected chi connectivity index (χ3v) is 4.54. The summed E-state index contributed by atoms with van der Waals surface area (Å²) in [6.07, 6.45) is 0. The predicted molar refractivity (Wildman–Crippen MR) is 102 cm³/mol. The largest absolute Gasteiger partial charge is 0.325 e. The van der Waals surface area contributed by atoms with Gasteiger partial charge < -0.3 is 5.32 Å². The second kappa shape index (κ2) is 7.97. The van der Waals surface area contributed by atoms with E-state index in [1.807, 2.05) is 31.2 Å². The summed E-state index contributed by atoms with van der Waals surface area (Å²) in [5.74, 6) is 0.701. The molecule has 0 aliphatic heterocycles. The van der Waals surface area contributed by atoms with Crippen LogP contribution in [0.5, 0.6) is 0 Å². The molecule has 0 atom stereocenters. The molecule has 26 heavy (non-hydrogen) atoms. The van der Waals surface area contributed by atoms with E-state index in [2.05, 4.69) is 20.5 Å². The molecule has 1 amide bonds. The van der Waals surface area contributed by atoms with Crippen molar-refractivity contribution in [1.82, 2.24) is 15.2 Å². The van der Waals surface area contributed by atoms with Gasteiger partial charge in [0.05, 0.1) is 5.75 Å². The number of ketones is 1. The van der Waals surface area contributed by atoms with Crippen LogP contribution >= 0.6 is 11.8 Å². The van der Waals surface area contributed by atoms with Crippen LogP contribution in [0, 0.1) is 6.92 Å². The number of carbonyl (C=O) groups excluding carboxylic acids is 2. The highest BCUT2D eigenvalue weighted by atomic mass is 32.2. The number of rotatable bonds is 6. The fourth-order valence-electron chi connectivity index (χ4n) is 2.27. The molecule has 3 rings (SSSR count). The Morgan fingerprint density at radius 1 is 1.08 bits per heavy atom. The molecule has 0 radical (unpaired) electrons. The van der Waals surface area contributed by atoms with Gasteiger partial charge in [0, 0.05) is 16.8 Å². The molecule has 0 aliphatic carbocycles. The summed E-state index contributed by atoms with van der Waals surface area (Å²) in [5.41, 5.74) is 3.39. The lowest BCUT2D eigenvalue weighted by atomic mass is 10.1. The second-order valence-corrected chi connectivity index (χ2v) is 6.75. The maximum absolute atomic E-state index is 12.1. The Morgan fingerprint density at radius 2 is 1.77 bits per heavy atom. The van der Waals surface area contributed by atoms with E-state index in [0.29, 0.717) is 22.2 Å². The number of H-pyrrole nitrogens is 1. The summed E-state index contributed by atoms with van der Waals surface area (Å²) in [5, 5.41) is 10.3. The molecule has 3 aromatic rings. The van der Waals surface area contributed by atoms with Crippen molar-refractivity contribution in [3.8, 4) is 11.4 Å². The SMILES string of the molecule is CC(=O)c1ccc(NC(=O)CSc2n[nH]c(-c3ccc(C)cc3)n2)cc1. The van der Waals surface area contributed by atoms with Crippen molar-refractivity contribution in [2.45, 2.75) is 19.0 Å². The predicted octanol–water partition coefficient (Wildman–Crippen LogP) is 3.71.